The summed E-state index contributed by atoms with van der Waals surface area (Å²) < 4.78 is 4.99. The average Bonchev–Trinajstić information content (AvgIpc) is 3.29. The molecule has 1 aliphatic carbocycles. The number of hydrogen-bond donors (Lipinski definition) is 2. The molecule has 2 rings (SSSR count). The number of likely N-dealkylation sites (tertiary alicyclic amines) is 1. The number of hydrogen-bond acceptors (Lipinski definition) is 4. The number of carbonyl (C=O) groups excluding carboxylic acids is 2. The molecule has 21 heavy (non-hydrogen) atoms. The zero-order valence-corrected chi connectivity index (χ0v) is 12.2. The fraction of sp³-hybridized carbons (Fsp3) is 0.786. The molecule has 2 amide bonds. The average molecular weight is 298 g/mol. The lowest BCUT2D eigenvalue weighted by Crippen LogP contribution is -2.52. The molecule has 2 N–H and O–H groups in total. The topological polar surface area (TPSA) is 95.9 Å². The standard InChI is InChI=1S/C14H22N2O5/c1-2-21-13(19)10-4-3-7-16(8-10)14(20)15-11(12(17)18)9-5-6-9/h9-11H,2-8H2,1H3,(H,15,20)(H,17,18). The molecule has 0 bridgehead atoms. The van der Waals surface area contributed by atoms with Gasteiger partial charge in [0, 0.05) is 13.1 Å². The van der Waals surface area contributed by atoms with Gasteiger partial charge in [0.2, 0.25) is 0 Å². The molecule has 1 saturated carbocycles. The van der Waals surface area contributed by atoms with E-state index >= 15 is 0 Å². The third kappa shape index (κ3) is 4.09. The predicted octanol–water partition coefficient (Wildman–Crippen LogP) is 0.834. The van der Waals surface area contributed by atoms with Crippen LogP contribution in [0.2, 0.25) is 0 Å². The van der Waals surface area contributed by atoms with Crippen molar-refractivity contribution in [3.05, 3.63) is 0 Å². The van der Waals surface area contributed by atoms with Crippen molar-refractivity contribution >= 4 is 18.0 Å². The molecule has 7 heteroatoms. The van der Waals surface area contributed by atoms with E-state index in [1.807, 2.05) is 0 Å². The second-order valence-electron chi connectivity index (χ2n) is 5.64. The van der Waals surface area contributed by atoms with E-state index in [4.69, 9.17) is 9.84 Å². The van der Waals surface area contributed by atoms with Crippen molar-refractivity contribution in [2.24, 2.45) is 11.8 Å². The third-order valence-corrected chi connectivity index (χ3v) is 3.97. The summed E-state index contributed by atoms with van der Waals surface area (Å²) in [4.78, 5) is 36.6. The summed E-state index contributed by atoms with van der Waals surface area (Å²) in [6, 6.07) is -1.22. The molecule has 2 atom stereocenters. The second kappa shape index (κ2) is 6.78. The summed E-state index contributed by atoms with van der Waals surface area (Å²) in [5.41, 5.74) is 0. The van der Waals surface area contributed by atoms with Gasteiger partial charge >= 0.3 is 18.0 Å². The van der Waals surface area contributed by atoms with Crippen LogP contribution in [0.4, 0.5) is 4.79 Å². The summed E-state index contributed by atoms with van der Waals surface area (Å²) in [5, 5.41) is 11.7. The minimum atomic E-state index is -0.996. The fourth-order valence-electron chi connectivity index (χ4n) is 2.65. The van der Waals surface area contributed by atoms with Gasteiger partial charge in [0.1, 0.15) is 6.04 Å². The number of piperidine rings is 1. The smallest absolute Gasteiger partial charge is 0.326 e. The first-order valence-corrected chi connectivity index (χ1v) is 7.47. The van der Waals surface area contributed by atoms with Crippen molar-refractivity contribution in [3.63, 3.8) is 0 Å². The lowest BCUT2D eigenvalue weighted by Gasteiger charge is -2.32. The summed E-state index contributed by atoms with van der Waals surface area (Å²) >= 11 is 0. The molecule has 0 radical (unpaired) electrons. The molecule has 1 aliphatic heterocycles. The number of aliphatic carboxylic acids is 1. The van der Waals surface area contributed by atoms with Gasteiger partial charge in [-0.25, -0.2) is 9.59 Å². The summed E-state index contributed by atoms with van der Waals surface area (Å²) in [5.74, 6) is -1.55. The van der Waals surface area contributed by atoms with Gasteiger partial charge in [0.05, 0.1) is 12.5 Å². The highest BCUT2D eigenvalue weighted by Gasteiger charge is 2.39. The van der Waals surface area contributed by atoms with E-state index in [1.54, 1.807) is 6.92 Å². The molecule has 118 valence electrons. The molecular weight excluding hydrogens is 276 g/mol. The number of nitrogens with zero attached hydrogens (tertiary/aromatic N) is 1. The molecule has 0 aromatic heterocycles. The van der Waals surface area contributed by atoms with Gasteiger partial charge in [-0.05, 0) is 38.5 Å². The van der Waals surface area contributed by atoms with Crippen molar-refractivity contribution in [1.29, 1.82) is 0 Å². The highest BCUT2D eigenvalue weighted by atomic mass is 16.5. The predicted molar refractivity (Wildman–Crippen MR) is 73.6 cm³/mol. The molecule has 2 unspecified atom stereocenters. The molecule has 1 heterocycles. The number of carboxylic acids is 1. The van der Waals surface area contributed by atoms with Gasteiger partial charge in [-0.1, -0.05) is 0 Å². The Bertz CT molecular complexity index is 422. The normalized spacial score (nSPS) is 23.3. The lowest BCUT2D eigenvalue weighted by molar-refractivity contribution is -0.149. The van der Waals surface area contributed by atoms with Crippen molar-refractivity contribution < 1.29 is 24.2 Å². The van der Waals surface area contributed by atoms with E-state index < -0.39 is 18.0 Å². The van der Waals surface area contributed by atoms with E-state index in [1.165, 1.54) is 4.90 Å². The Hall–Kier alpha value is -1.79. The Balaban J connectivity index is 1.89. The number of amides is 2. The van der Waals surface area contributed by atoms with Crippen molar-refractivity contribution in [2.75, 3.05) is 19.7 Å². The van der Waals surface area contributed by atoms with Crippen LogP contribution in [0.3, 0.4) is 0 Å². The Morgan fingerprint density at radius 1 is 1.33 bits per heavy atom. The number of nitrogens with one attached hydrogen (secondary N) is 1. The Morgan fingerprint density at radius 3 is 2.62 bits per heavy atom. The molecule has 1 saturated heterocycles. The Kier molecular flexibility index (Phi) is 5.03. The van der Waals surface area contributed by atoms with E-state index in [9.17, 15) is 14.4 Å². The van der Waals surface area contributed by atoms with Gasteiger partial charge in [0.15, 0.2) is 0 Å². The van der Waals surface area contributed by atoms with Crippen molar-refractivity contribution in [2.45, 2.75) is 38.6 Å². The fourth-order valence-corrected chi connectivity index (χ4v) is 2.65. The molecule has 0 spiro atoms. The number of urea groups is 1. The number of ether oxygens (including phenoxy) is 1. The van der Waals surface area contributed by atoms with Crippen LogP contribution in [0.15, 0.2) is 0 Å². The third-order valence-electron chi connectivity index (χ3n) is 3.97. The van der Waals surface area contributed by atoms with Crippen LogP contribution < -0.4 is 5.32 Å². The van der Waals surface area contributed by atoms with E-state index in [-0.39, 0.29) is 17.8 Å². The van der Waals surface area contributed by atoms with Gasteiger partial charge in [0.25, 0.3) is 0 Å². The number of rotatable bonds is 5. The highest BCUT2D eigenvalue weighted by Crippen LogP contribution is 2.33. The molecule has 2 aliphatic rings. The molecular formula is C14H22N2O5. The monoisotopic (exact) mass is 298 g/mol. The molecule has 0 aromatic rings. The maximum Gasteiger partial charge on any atom is 0.326 e. The number of carboxylic acid groups (broad SMARTS) is 1. The van der Waals surface area contributed by atoms with Crippen LogP contribution in [0.1, 0.15) is 32.6 Å². The van der Waals surface area contributed by atoms with Gasteiger partial charge in [-0.3, -0.25) is 4.79 Å². The molecule has 7 nitrogen and oxygen atoms in total. The quantitative estimate of drug-likeness (QED) is 0.733. The maximum atomic E-state index is 12.2. The first-order valence-electron chi connectivity index (χ1n) is 7.47. The maximum absolute atomic E-state index is 12.2. The summed E-state index contributed by atoms with van der Waals surface area (Å²) in [7, 11) is 0. The molecule has 2 fully saturated rings. The minimum Gasteiger partial charge on any atom is -0.480 e. The van der Waals surface area contributed by atoms with E-state index in [2.05, 4.69) is 5.32 Å². The Morgan fingerprint density at radius 2 is 2.05 bits per heavy atom. The Labute approximate surface area is 123 Å². The van der Waals surface area contributed by atoms with Crippen LogP contribution in [0, 0.1) is 11.8 Å². The van der Waals surface area contributed by atoms with Crippen molar-refractivity contribution in [3.8, 4) is 0 Å². The largest absolute Gasteiger partial charge is 0.480 e. The SMILES string of the molecule is CCOC(=O)C1CCCN(C(=O)NC(C(=O)O)C2CC2)C1. The van der Waals surface area contributed by atoms with Crippen LogP contribution in [-0.4, -0.2) is 53.7 Å². The lowest BCUT2D eigenvalue weighted by atomic mass is 9.98. The van der Waals surface area contributed by atoms with Crippen LogP contribution in [-0.2, 0) is 14.3 Å². The number of esters is 1. The first kappa shape index (κ1) is 15.6. The van der Waals surface area contributed by atoms with E-state index in [0.717, 1.165) is 19.3 Å². The van der Waals surface area contributed by atoms with Gasteiger partial charge < -0.3 is 20.1 Å². The first-order chi connectivity index (χ1) is 10.0. The molecule has 0 aromatic carbocycles. The summed E-state index contributed by atoms with van der Waals surface area (Å²) in [6.45, 7) is 2.91. The van der Waals surface area contributed by atoms with Gasteiger partial charge in [-0.15, -0.1) is 0 Å². The number of carbonyl (C=O) groups is 3. The second-order valence-corrected chi connectivity index (χ2v) is 5.64. The van der Waals surface area contributed by atoms with Crippen LogP contribution in [0.5, 0.6) is 0 Å². The summed E-state index contributed by atoms with van der Waals surface area (Å²) in [6.07, 6.45) is 3.09. The minimum absolute atomic E-state index is 0.0390. The zero-order chi connectivity index (χ0) is 15.4. The van der Waals surface area contributed by atoms with Gasteiger partial charge in [-0.2, -0.15) is 0 Å². The van der Waals surface area contributed by atoms with E-state index in [0.29, 0.717) is 26.1 Å². The highest BCUT2D eigenvalue weighted by molar-refractivity contribution is 5.83. The van der Waals surface area contributed by atoms with Crippen LogP contribution >= 0.6 is 0 Å². The van der Waals surface area contributed by atoms with Crippen LogP contribution in [0.25, 0.3) is 0 Å². The van der Waals surface area contributed by atoms with Crippen molar-refractivity contribution in [1.82, 2.24) is 10.2 Å². The zero-order valence-electron chi connectivity index (χ0n) is 12.2.